The molecular formula is C13H17N3Si. The van der Waals surface area contributed by atoms with Gasteiger partial charge in [-0.05, 0) is 18.6 Å². The van der Waals surface area contributed by atoms with Crippen molar-refractivity contribution in [2.75, 3.05) is 0 Å². The van der Waals surface area contributed by atoms with Gasteiger partial charge >= 0.3 is 0 Å². The van der Waals surface area contributed by atoms with Crippen LogP contribution in [0.5, 0.6) is 0 Å². The molecule has 2 aromatic heterocycles. The van der Waals surface area contributed by atoms with Gasteiger partial charge in [0.15, 0.2) is 8.24 Å². The Balaban J connectivity index is 2.31. The predicted octanol–water partition coefficient (Wildman–Crippen LogP) is 2.66. The van der Waals surface area contributed by atoms with E-state index >= 15 is 0 Å². The highest BCUT2D eigenvalue weighted by atomic mass is 28.3. The van der Waals surface area contributed by atoms with Crippen LogP contribution in [0.4, 0.5) is 0 Å². The van der Waals surface area contributed by atoms with Crippen molar-refractivity contribution in [2.24, 2.45) is 0 Å². The number of fused-ring (bicyclic) bond motifs is 3. The summed E-state index contributed by atoms with van der Waals surface area (Å²) in [6.07, 6.45) is 4.98. The van der Waals surface area contributed by atoms with Crippen molar-refractivity contribution in [2.45, 2.75) is 32.5 Å². The molecule has 3 rings (SSSR count). The second-order valence-corrected chi connectivity index (χ2v) is 9.67. The van der Waals surface area contributed by atoms with Gasteiger partial charge in [-0.2, -0.15) is 0 Å². The van der Waals surface area contributed by atoms with E-state index in [1.54, 1.807) is 0 Å². The molecule has 0 saturated carbocycles. The first-order valence-electron chi connectivity index (χ1n) is 6.15. The van der Waals surface area contributed by atoms with Crippen molar-refractivity contribution in [3.05, 3.63) is 35.9 Å². The Bertz CT molecular complexity index is 572. The van der Waals surface area contributed by atoms with Crippen molar-refractivity contribution in [3.63, 3.8) is 0 Å². The van der Waals surface area contributed by atoms with Gasteiger partial charge < -0.3 is 4.23 Å². The Morgan fingerprint density at radius 2 is 2.18 bits per heavy atom. The lowest BCUT2D eigenvalue weighted by molar-refractivity contribution is 0.931. The molecule has 0 unspecified atom stereocenters. The molecule has 0 amide bonds. The number of pyridine rings is 1. The molecule has 0 aliphatic carbocycles. The number of hydrogen-bond donors (Lipinski definition) is 0. The van der Waals surface area contributed by atoms with E-state index in [0.29, 0.717) is 0 Å². The van der Waals surface area contributed by atoms with Crippen molar-refractivity contribution < 1.29 is 0 Å². The first kappa shape index (κ1) is 10.7. The first-order chi connectivity index (χ1) is 8.13. The summed E-state index contributed by atoms with van der Waals surface area (Å²) in [6, 6.07) is 5.26. The average molecular weight is 243 g/mol. The molecule has 88 valence electrons. The molecule has 0 saturated heterocycles. The summed E-state index contributed by atoms with van der Waals surface area (Å²) in [4.78, 5) is 9.15. The molecule has 0 spiro atoms. The van der Waals surface area contributed by atoms with E-state index < -0.39 is 8.24 Å². The standard InChI is InChI=1S/C13H17N3Si/c1-4-10-8-15-13-11-6-5-7-14-12(11)9-17(2,3)16(10)13/h5-8H,4,9H2,1-3H3. The zero-order chi connectivity index (χ0) is 12.0. The molecule has 3 nitrogen and oxygen atoms in total. The second kappa shape index (κ2) is 3.53. The molecule has 4 heteroatoms. The Hall–Kier alpha value is -1.42. The van der Waals surface area contributed by atoms with Crippen LogP contribution in [0, 0.1) is 0 Å². The van der Waals surface area contributed by atoms with Crippen molar-refractivity contribution in [1.29, 1.82) is 0 Å². The molecule has 0 radical (unpaired) electrons. The number of imidazole rings is 1. The van der Waals surface area contributed by atoms with Gasteiger partial charge in [-0.25, -0.2) is 4.98 Å². The highest BCUT2D eigenvalue weighted by Gasteiger charge is 2.35. The smallest absolute Gasteiger partial charge is 0.164 e. The van der Waals surface area contributed by atoms with Gasteiger partial charge in [0.2, 0.25) is 0 Å². The van der Waals surface area contributed by atoms with Crippen LogP contribution in [0.25, 0.3) is 11.4 Å². The molecule has 1 aliphatic heterocycles. The quantitative estimate of drug-likeness (QED) is 0.721. The fraction of sp³-hybridized carbons (Fsp3) is 0.385. The minimum atomic E-state index is -1.48. The molecule has 3 heterocycles. The SMILES string of the molecule is CCc1cnc2n1[Si](C)(C)Cc1ncccc1-2. The summed E-state index contributed by atoms with van der Waals surface area (Å²) in [5.41, 5.74) is 3.81. The van der Waals surface area contributed by atoms with Crippen LogP contribution in [0.2, 0.25) is 13.1 Å². The highest BCUT2D eigenvalue weighted by Crippen LogP contribution is 2.33. The van der Waals surface area contributed by atoms with Crippen LogP contribution in [0.15, 0.2) is 24.5 Å². The number of rotatable bonds is 1. The van der Waals surface area contributed by atoms with Crippen LogP contribution in [-0.4, -0.2) is 22.4 Å². The Morgan fingerprint density at radius 1 is 1.35 bits per heavy atom. The third kappa shape index (κ3) is 1.47. The van der Waals surface area contributed by atoms with Gasteiger partial charge in [0.1, 0.15) is 5.82 Å². The highest BCUT2D eigenvalue weighted by molar-refractivity contribution is 6.76. The van der Waals surface area contributed by atoms with E-state index in [0.717, 1.165) is 18.3 Å². The maximum atomic E-state index is 4.62. The Labute approximate surface area is 103 Å². The van der Waals surface area contributed by atoms with Gasteiger partial charge in [0, 0.05) is 29.7 Å². The largest absolute Gasteiger partial charge is 0.355 e. The first-order valence-corrected chi connectivity index (χ1v) is 9.30. The fourth-order valence-corrected chi connectivity index (χ4v) is 5.78. The van der Waals surface area contributed by atoms with E-state index in [1.807, 2.05) is 18.5 Å². The van der Waals surface area contributed by atoms with Crippen LogP contribution in [0.1, 0.15) is 18.3 Å². The molecule has 0 N–H and O–H groups in total. The molecule has 0 fully saturated rings. The second-order valence-electron chi connectivity index (χ2n) is 5.25. The lowest BCUT2D eigenvalue weighted by atomic mass is 10.2. The van der Waals surface area contributed by atoms with Gasteiger partial charge in [-0.1, -0.05) is 20.0 Å². The summed E-state index contributed by atoms with van der Waals surface area (Å²) < 4.78 is 2.51. The van der Waals surface area contributed by atoms with Crippen LogP contribution in [0.3, 0.4) is 0 Å². The molecule has 0 bridgehead atoms. The summed E-state index contributed by atoms with van der Waals surface area (Å²) >= 11 is 0. The molecule has 1 aliphatic rings. The van der Waals surface area contributed by atoms with Gasteiger partial charge in [-0.3, -0.25) is 4.98 Å². The van der Waals surface area contributed by atoms with Gasteiger partial charge in [0.05, 0.1) is 5.69 Å². The van der Waals surface area contributed by atoms with E-state index in [-0.39, 0.29) is 0 Å². The minimum Gasteiger partial charge on any atom is -0.355 e. The van der Waals surface area contributed by atoms with E-state index in [2.05, 4.69) is 40.3 Å². The third-order valence-corrected chi connectivity index (χ3v) is 6.44. The zero-order valence-corrected chi connectivity index (χ0v) is 11.6. The number of aromatic nitrogens is 3. The Morgan fingerprint density at radius 3 is 2.94 bits per heavy atom. The lowest BCUT2D eigenvalue weighted by Crippen LogP contribution is -2.44. The van der Waals surface area contributed by atoms with Crippen LogP contribution >= 0.6 is 0 Å². The van der Waals surface area contributed by atoms with Crippen LogP contribution in [-0.2, 0) is 12.5 Å². The monoisotopic (exact) mass is 243 g/mol. The maximum Gasteiger partial charge on any atom is 0.164 e. The van der Waals surface area contributed by atoms with Crippen molar-refractivity contribution in [3.8, 4) is 11.4 Å². The molecule has 2 aromatic rings. The zero-order valence-electron chi connectivity index (χ0n) is 10.6. The van der Waals surface area contributed by atoms with Gasteiger partial charge in [-0.15, -0.1) is 0 Å². The summed E-state index contributed by atoms with van der Waals surface area (Å²) in [7, 11) is -1.48. The normalized spacial score (nSPS) is 16.4. The predicted molar refractivity (Wildman–Crippen MR) is 71.4 cm³/mol. The summed E-state index contributed by atoms with van der Waals surface area (Å²) in [5, 5.41) is 0. The van der Waals surface area contributed by atoms with E-state index in [9.17, 15) is 0 Å². The average Bonchev–Trinajstić information content (AvgIpc) is 2.73. The molecule has 0 atom stereocenters. The summed E-state index contributed by atoms with van der Waals surface area (Å²) in [5.74, 6) is 1.13. The summed E-state index contributed by atoms with van der Waals surface area (Å²) in [6.45, 7) is 7.00. The number of nitrogens with zero attached hydrogens (tertiary/aromatic N) is 3. The Kier molecular flexibility index (Phi) is 2.23. The fourth-order valence-electron chi connectivity index (χ4n) is 2.77. The van der Waals surface area contributed by atoms with Crippen LogP contribution < -0.4 is 0 Å². The van der Waals surface area contributed by atoms with Crippen molar-refractivity contribution >= 4 is 8.24 Å². The van der Waals surface area contributed by atoms with Crippen molar-refractivity contribution in [1.82, 2.24) is 14.2 Å². The minimum absolute atomic E-state index is 1.05. The molecular weight excluding hydrogens is 226 g/mol. The number of aryl methyl sites for hydroxylation is 1. The third-order valence-electron chi connectivity index (χ3n) is 3.53. The maximum absolute atomic E-state index is 4.62. The number of hydrogen-bond acceptors (Lipinski definition) is 2. The van der Waals surface area contributed by atoms with E-state index in [1.165, 1.54) is 17.0 Å². The van der Waals surface area contributed by atoms with Gasteiger partial charge in [0.25, 0.3) is 0 Å². The topological polar surface area (TPSA) is 30.7 Å². The molecule has 17 heavy (non-hydrogen) atoms. The molecule has 0 aromatic carbocycles. The van der Waals surface area contributed by atoms with E-state index in [4.69, 9.17) is 0 Å². The lowest BCUT2D eigenvalue weighted by Gasteiger charge is -2.33.